The minimum Gasteiger partial charge on any atom is -0.373 e. The van der Waals surface area contributed by atoms with Crippen molar-refractivity contribution in [2.75, 3.05) is 6.54 Å². The molecule has 0 amide bonds. The molecule has 0 spiro atoms. The Balaban J connectivity index is 1.16. The van der Waals surface area contributed by atoms with E-state index < -0.39 is 5.69 Å². The zero-order valence-corrected chi connectivity index (χ0v) is 19.2. The summed E-state index contributed by atoms with van der Waals surface area (Å²) < 4.78 is 9.36. The van der Waals surface area contributed by atoms with Gasteiger partial charge in [0.2, 0.25) is 0 Å². The van der Waals surface area contributed by atoms with Gasteiger partial charge >= 0.3 is 11.4 Å². The van der Waals surface area contributed by atoms with Crippen molar-refractivity contribution in [3.05, 3.63) is 62.2 Å². The lowest BCUT2D eigenvalue weighted by molar-refractivity contribution is -0.0287. The van der Waals surface area contributed by atoms with Crippen LogP contribution in [0, 0.1) is 13.8 Å². The number of aromatic nitrogens is 3. The molecule has 172 valence electrons. The molecule has 1 saturated carbocycles. The van der Waals surface area contributed by atoms with Crippen molar-refractivity contribution < 1.29 is 4.74 Å². The molecule has 1 aromatic heterocycles. The summed E-state index contributed by atoms with van der Waals surface area (Å²) in [7, 11) is 0. The van der Waals surface area contributed by atoms with E-state index in [-0.39, 0.29) is 11.7 Å². The first-order valence-electron chi connectivity index (χ1n) is 12.1. The van der Waals surface area contributed by atoms with Crippen LogP contribution in [0.25, 0.3) is 0 Å². The molecule has 1 aromatic carbocycles. The van der Waals surface area contributed by atoms with Crippen LogP contribution in [0.15, 0.2) is 33.9 Å². The summed E-state index contributed by atoms with van der Waals surface area (Å²) in [6.45, 7) is 5.95. The van der Waals surface area contributed by atoms with E-state index in [0.717, 1.165) is 38.6 Å². The lowest BCUT2D eigenvalue weighted by Gasteiger charge is -2.39. The first-order valence-corrected chi connectivity index (χ1v) is 12.1. The highest BCUT2D eigenvalue weighted by Gasteiger charge is 2.40. The largest absolute Gasteiger partial charge is 0.373 e. The van der Waals surface area contributed by atoms with E-state index in [1.54, 1.807) is 11.5 Å². The van der Waals surface area contributed by atoms with Gasteiger partial charge in [0.05, 0.1) is 12.7 Å². The Morgan fingerprint density at radius 1 is 0.969 bits per heavy atom. The van der Waals surface area contributed by atoms with Crippen LogP contribution in [-0.2, 0) is 17.9 Å². The predicted molar refractivity (Wildman–Crippen MR) is 123 cm³/mol. The average molecular weight is 439 g/mol. The fourth-order valence-electron chi connectivity index (χ4n) is 5.66. The topological polar surface area (TPSA) is 69.4 Å². The van der Waals surface area contributed by atoms with Gasteiger partial charge in [0.1, 0.15) is 5.82 Å². The van der Waals surface area contributed by atoms with Gasteiger partial charge in [-0.05, 0) is 69.9 Å². The molecule has 3 heterocycles. The summed E-state index contributed by atoms with van der Waals surface area (Å²) in [5.74, 6) is 0.546. The van der Waals surface area contributed by atoms with Crippen molar-refractivity contribution >= 4 is 0 Å². The van der Waals surface area contributed by atoms with E-state index >= 15 is 0 Å². The van der Waals surface area contributed by atoms with Gasteiger partial charge in [0.25, 0.3) is 0 Å². The highest BCUT2D eigenvalue weighted by molar-refractivity contribution is 5.24. The van der Waals surface area contributed by atoms with E-state index in [1.807, 2.05) is 0 Å². The Kier molecular flexibility index (Phi) is 6.03. The molecule has 7 heteroatoms. The summed E-state index contributed by atoms with van der Waals surface area (Å²) in [6, 6.07) is 9.76. The summed E-state index contributed by atoms with van der Waals surface area (Å²) in [5, 5.41) is 0. The number of ether oxygens (including phenoxy) is 1. The fraction of sp³-hybridized carbons (Fsp3) is 0.640. The molecule has 3 fully saturated rings. The van der Waals surface area contributed by atoms with Gasteiger partial charge in [0.15, 0.2) is 0 Å². The number of rotatable bonds is 8. The van der Waals surface area contributed by atoms with Crippen LogP contribution in [0.2, 0.25) is 0 Å². The molecule has 7 nitrogen and oxygen atoms in total. The molecular weight excluding hydrogens is 404 g/mol. The molecule has 2 aliphatic heterocycles. The Morgan fingerprint density at radius 3 is 2.34 bits per heavy atom. The van der Waals surface area contributed by atoms with E-state index in [2.05, 4.69) is 41.1 Å². The second-order valence-corrected chi connectivity index (χ2v) is 9.78. The van der Waals surface area contributed by atoms with E-state index in [4.69, 9.17) is 4.74 Å². The Hall–Kier alpha value is -2.25. The van der Waals surface area contributed by atoms with Gasteiger partial charge < -0.3 is 4.74 Å². The number of hydrogen-bond acceptors (Lipinski definition) is 5. The number of hydrogen-bond donors (Lipinski definition) is 0. The number of nitrogens with zero attached hydrogens (tertiary/aromatic N) is 4. The quantitative estimate of drug-likeness (QED) is 0.634. The van der Waals surface area contributed by atoms with Crippen molar-refractivity contribution in [1.82, 2.24) is 19.0 Å². The highest BCUT2D eigenvalue weighted by atomic mass is 16.5. The van der Waals surface area contributed by atoms with Crippen LogP contribution in [0.3, 0.4) is 0 Å². The van der Waals surface area contributed by atoms with E-state index in [1.165, 1.54) is 28.5 Å². The van der Waals surface area contributed by atoms with Gasteiger partial charge in [-0.15, -0.1) is 0 Å². The molecule has 2 bridgehead atoms. The number of fused-ring (bicyclic) bond motifs is 2. The third-order valence-corrected chi connectivity index (χ3v) is 7.56. The van der Waals surface area contributed by atoms with Gasteiger partial charge in [0, 0.05) is 31.2 Å². The third-order valence-electron chi connectivity index (χ3n) is 7.56. The second kappa shape index (κ2) is 8.94. The minimum atomic E-state index is -0.407. The van der Waals surface area contributed by atoms with Gasteiger partial charge in [-0.1, -0.05) is 24.3 Å². The van der Waals surface area contributed by atoms with Crippen molar-refractivity contribution in [3.63, 3.8) is 0 Å². The van der Waals surface area contributed by atoms with E-state index in [9.17, 15) is 9.59 Å². The molecule has 2 unspecified atom stereocenters. The van der Waals surface area contributed by atoms with E-state index in [0.29, 0.717) is 37.2 Å². The maximum atomic E-state index is 12.8. The molecule has 2 saturated heterocycles. The molecule has 1 aliphatic carbocycles. The molecule has 5 rings (SSSR count). The fourth-order valence-corrected chi connectivity index (χ4v) is 5.66. The van der Waals surface area contributed by atoms with Crippen LogP contribution >= 0.6 is 0 Å². The molecule has 32 heavy (non-hydrogen) atoms. The second-order valence-electron chi connectivity index (χ2n) is 9.78. The zero-order valence-electron chi connectivity index (χ0n) is 19.2. The standard InChI is InChI=1S/C25H34N4O3/c1-17-6-3-4-7-19(17)16-32-23-14-21-10-11-22(15-23)27(21)12-5-13-28-24(30)26-18(2)29(25(28)31)20-8-9-20/h3-4,6-7,20-23H,5,8-16H2,1-2H3. The summed E-state index contributed by atoms with van der Waals surface area (Å²) in [6.07, 6.45) is 7.71. The Bertz CT molecular complexity index is 1070. The van der Waals surface area contributed by atoms with Gasteiger partial charge in [-0.3, -0.25) is 9.47 Å². The first kappa shape index (κ1) is 21.6. The molecule has 3 aliphatic rings. The van der Waals surface area contributed by atoms with Crippen LogP contribution in [-0.4, -0.2) is 43.8 Å². The monoisotopic (exact) mass is 438 g/mol. The maximum absolute atomic E-state index is 12.8. The average Bonchev–Trinajstić information content (AvgIpc) is 3.56. The highest BCUT2D eigenvalue weighted by Crippen LogP contribution is 2.37. The molecule has 0 radical (unpaired) electrons. The van der Waals surface area contributed by atoms with Crippen LogP contribution < -0.4 is 11.4 Å². The van der Waals surface area contributed by atoms with Crippen molar-refractivity contribution in [1.29, 1.82) is 0 Å². The van der Waals surface area contributed by atoms with Crippen LogP contribution in [0.1, 0.15) is 67.9 Å². The summed E-state index contributed by atoms with van der Waals surface area (Å²) in [5.41, 5.74) is 1.97. The molecular formula is C25H34N4O3. The lowest BCUT2D eigenvalue weighted by atomic mass is 9.99. The van der Waals surface area contributed by atoms with Gasteiger partial charge in [-0.25, -0.2) is 14.2 Å². The van der Waals surface area contributed by atoms with Crippen molar-refractivity contribution in [2.24, 2.45) is 0 Å². The molecule has 0 N–H and O–H groups in total. The van der Waals surface area contributed by atoms with Crippen molar-refractivity contribution in [2.45, 2.75) is 96.2 Å². The van der Waals surface area contributed by atoms with Crippen molar-refractivity contribution in [3.8, 4) is 0 Å². The SMILES string of the molecule is Cc1ccccc1COC1CC2CCC(C1)N2CCCn1c(=O)nc(C)n(C2CC2)c1=O. The third kappa shape index (κ3) is 4.33. The zero-order chi connectivity index (χ0) is 22.2. The predicted octanol–water partition coefficient (Wildman–Crippen LogP) is 2.96. The number of aryl methyl sites for hydroxylation is 2. The first-order chi connectivity index (χ1) is 15.5. The molecule has 2 aromatic rings. The minimum absolute atomic E-state index is 0.184. The van der Waals surface area contributed by atoms with Crippen LogP contribution in [0.4, 0.5) is 0 Å². The summed E-state index contributed by atoms with van der Waals surface area (Å²) >= 11 is 0. The number of piperidine rings is 1. The summed E-state index contributed by atoms with van der Waals surface area (Å²) in [4.78, 5) is 31.9. The number of benzene rings is 1. The smallest absolute Gasteiger partial charge is 0.353 e. The molecule has 2 atom stereocenters. The van der Waals surface area contributed by atoms with Gasteiger partial charge in [-0.2, -0.15) is 4.98 Å². The maximum Gasteiger partial charge on any atom is 0.353 e. The van der Waals surface area contributed by atoms with Crippen LogP contribution in [0.5, 0.6) is 0 Å². The Labute approximate surface area is 189 Å². The normalized spacial score (nSPS) is 25.4. The lowest BCUT2D eigenvalue weighted by Crippen LogP contribution is -2.47. The Morgan fingerprint density at radius 2 is 1.66 bits per heavy atom.